The highest BCUT2D eigenvalue weighted by atomic mass is 35.5. The minimum atomic E-state index is -0.0872. The van der Waals surface area contributed by atoms with Gasteiger partial charge in [-0.25, -0.2) is 4.79 Å². The minimum absolute atomic E-state index is 0.0872. The van der Waals surface area contributed by atoms with Crippen molar-refractivity contribution >= 4 is 23.3 Å². The first kappa shape index (κ1) is 20.2. The molecule has 1 N–H and O–H groups in total. The van der Waals surface area contributed by atoms with E-state index in [0.29, 0.717) is 42.3 Å². The highest BCUT2D eigenvalue weighted by molar-refractivity contribution is 6.32. The van der Waals surface area contributed by atoms with Crippen LogP contribution in [0.3, 0.4) is 0 Å². The topological polar surface area (TPSA) is 54.0 Å². The van der Waals surface area contributed by atoms with Gasteiger partial charge < -0.3 is 19.7 Å². The molecular formula is C20H30ClN3O3. The van der Waals surface area contributed by atoms with Crippen molar-refractivity contribution in [2.24, 2.45) is 0 Å². The number of para-hydroxylation sites is 1. The van der Waals surface area contributed by atoms with Crippen molar-refractivity contribution in [2.75, 3.05) is 51.3 Å². The van der Waals surface area contributed by atoms with E-state index in [0.717, 1.165) is 32.6 Å². The van der Waals surface area contributed by atoms with Crippen LogP contribution in [0.2, 0.25) is 5.02 Å². The number of amides is 2. The van der Waals surface area contributed by atoms with Crippen molar-refractivity contribution in [3.8, 4) is 5.75 Å². The Labute approximate surface area is 166 Å². The Hall–Kier alpha value is -1.50. The predicted molar refractivity (Wildman–Crippen MR) is 108 cm³/mol. The molecule has 1 atom stereocenters. The van der Waals surface area contributed by atoms with Gasteiger partial charge in [0.1, 0.15) is 6.61 Å². The summed E-state index contributed by atoms with van der Waals surface area (Å²) >= 11 is 6.28. The molecule has 0 spiro atoms. The summed E-state index contributed by atoms with van der Waals surface area (Å²) in [6.45, 7) is 7.35. The number of nitrogens with zero attached hydrogens (tertiary/aromatic N) is 2. The van der Waals surface area contributed by atoms with Crippen LogP contribution < -0.4 is 10.1 Å². The Morgan fingerprint density at radius 2 is 2.04 bits per heavy atom. The number of urea groups is 1. The molecule has 150 valence electrons. The number of ether oxygens (including phenoxy) is 2. The monoisotopic (exact) mass is 395 g/mol. The van der Waals surface area contributed by atoms with E-state index in [1.807, 2.05) is 24.0 Å². The van der Waals surface area contributed by atoms with Crippen molar-refractivity contribution in [1.82, 2.24) is 9.80 Å². The molecule has 2 heterocycles. The third-order valence-electron chi connectivity index (χ3n) is 5.23. The van der Waals surface area contributed by atoms with Gasteiger partial charge in [-0.05, 0) is 57.8 Å². The van der Waals surface area contributed by atoms with Crippen LogP contribution >= 0.6 is 11.6 Å². The lowest BCUT2D eigenvalue weighted by Gasteiger charge is -2.37. The van der Waals surface area contributed by atoms with Gasteiger partial charge in [-0.1, -0.05) is 17.7 Å². The highest BCUT2D eigenvalue weighted by Crippen LogP contribution is 2.33. The van der Waals surface area contributed by atoms with Gasteiger partial charge in [0.25, 0.3) is 0 Å². The zero-order valence-corrected chi connectivity index (χ0v) is 16.8. The Kier molecular flexibility index (Phi) is 7.61. The molecule has 2 amide bonds. The first-order valence-electron chi connectivity index (χ1n) is 9.98. The summed E-state index contributed by atoms with van der Waals surface area (Å²) in [6, 6.07) is 5.79. The number of carbonyl (C=O) groups excluding carboxylic acids is 1. The second-order valence-electron chi connectivity index (χ2n) is 7.08. The summed E-state index contributed by atoms with van der Waals surface area (Å²) in [6.07, 6.45) is 4.76. The van der Waals surface area contributed by atoms with Crippen LogP contribution in [0.15, 0.2) is 18.2 Å². The molecule has 0 saturated carbocycles. The van der Waals surface area contributed by atoms with E-state index in [-0.39, 0.29) is 6.03 Å². The van der Waals surface area contributed by atoms with Crippen molar-refractivity contribution < 1.29 is 14.3 Å². The van der Waals surface area contributed by atoms with Crippen molar-refractivity contribution in [2.45, 2.75) is 38.6 Å². The van der Waals surface area contributed by atoms with E-state index < -0.39 is 0 Å². The average molecular weight is 396 g/mol. The van der Waals surface area contributed by atoms with Gasteiger partial charge in [0, 0.05) is 25.7 Å². The summed E-state index contributed by atoms with van der Waals surface area (Å²) in [5.74, 6) is 0.500. The maximum atomic E-state index is 12.8. The smallest absolute Gasteiger partial charge is 0.322 e. The van der Waals surface area contributed by atoms with Gasteiger partial charge >= 0.3 is 6.03 Å². The van der Waals surface area contributed by atoms with Crippen molar-refractivity contribution in [1.29, 1.82) is 0 Å². The number of piperidine rings is 1. The molecule has 0 radical (unpaired) electrons. The summed E-state index contributed by atoms with van der Waals surface area (Å²) in [7, 11) is 0. The number of likely N-dealkylation sites (tertiary alicyclic amines) is 2. The second kappa shape index (κ2) is 10.2. The molecule has 2 fully saturated rings. The fourth-order valence-electron chi connectivity index (χ4n) is 3.84. The zero-order chi connectivity index (χ0) is 19.1. The van der Waals surface area contributed by atoms with Crippen LogP contribution in [-0.2, 0) is 4.74 Å². The van der Waals surface area contributed by atoms with Crippen molar-refractivity contribution in [3.63, 3.8) is 0 Å². The lowest BCUT2D eigenvalue weighted by Crippen LogP contribution is -2.50. The molecule has 0 bridgehead atoms. The molecular weight excluding hydrogens is 366 g/mol. The number of halogens is 1. The van der Waals surface area contributed by atoms with E-state index >= 15 is 0 Å². The van der Waals surface area contributed by atoms with E-state index in [9.17, 15) is 4.79 Å². The molecule has 0 aliphatic carbocycles. The van der Waals surface area contributed by atoms with Gasteiger partial charge in [0.2, 0.25) is 0 Å². The SMILES string of the molecule is CCOCCOc1c(Cl)cccc1NC(=O)N1CCC[C@H](N2CCCC2)C1. The van der Waals surface area contributed by atoms with Gasteiger partial charge in [0.05, 0.1) is 17.3 Å². The van der Waals surface area contributed by atoms with Crippen LogP contribution in [0.4, 0.5) is 10.5 Å². The molecule has 27 heavy (non-hydrogen) atoms. The molecule has 0 aromatic heterocycles. The van der Waals surface area contributed by atoms with Crippen molar-refractivity contribution in [3.05, 3.63) is 23.2 Å². The number of hydrogen-bond acceptors (Lipinski definition) is 4. The summed E-state index contributed by atoms with van der Waals surface area (Å²) < 4.78 is 11.1. The van der Waals surface area contributed by atoms with Crippen LogP contribution in [0.5, 0.6) is 5.75 Å². The predicted octanol–water partition coefficient (Wildman–Crippen LogP) is 3.85. The Balaban J connectivity index is 1.60. The lowest BCUT2D eigenvalue weighted by molar-refractivity contribution is 0.110. The number of nitrogens with one attached hydrogen (secondary N) is 1. The third-order valence-corrected chi connectivity index (χ3v) is 5.53. The van der Waals surface area contributed by atoms with Crippen LogP contribution in [0, 0.1) is 0 Å². The fraction of sp³-hybridized carbons (Fsp3) is 0.650. The first-order valence-corrected chi connectivity index (χ1v) is 10.4. The van der Waals surface area contributed by atoms with E-state index in [4.69, 9.17) is 21.1 Å². The fourth-order valence-corrected chi connectivity index (χ4v) is 4.07. The number of anilines is 1. The Bertz CT molecular complexity index is 622. The summed E-state index contributed by atoms with van der Waals surface area (Å²) in [4.78, 5) is 17.3. The van der Waals surface area contributed by atoms with E-state index in [1.54, 1.807) is 6.07 Å². The highest BCUT2D eigenvalue weighted by Gasteiger charge is 2.29. The lowest BCUT2D eigenvalue weighted by atomic mass is 10.0. The maximum Gasteiger partial charge on any atom is 0.322 e. The Morgan fingerprint density at radius 1 is 1.22 bits per heavy atom. The summed E-state index contributed by atoms with van der Waals surface area (Å²) in [5.41, 5.74) is 0.604. The summed E-state index contributed by atoms with van der Waals surface area (Å²) in [5, 5.41) is 3.48. The van der Waals surface area contributed by atoms with Crippen LogP contribution in [0.25, 0.3) is 0 Å². The van der Waals surface area contributed by atoms with Gasteiger partial charge in [-0.15, -0.1) is 0 Å². The molecule has 6 nitrogen and oxygen atoms in total. The number of rotatable bonds is 7. The van der Waals surface area contributed by atoms with Crippen LogP contribution in [0.1, 0.15) is 32.6 Å². The number of carbonyl (C=O) groups is 1. The number of benzene rings is 1. The standard InChI is InChI=1S/C20H30ClN3O3/c1-2-26-13-14-27-19-17(21)8-5-9-18(19)22-20(25)24-12-6-7-16(15-24)23-10-3-4-11-23/h5,8-9,16H,2-4,6-7,10-15H2,1H3,(H,22,25)/t16-/m0/s1. The Morgan fingerprint density at radius 3 is 2.81 bits per heavy atom. The van der Waals surface area contributed by atoms with E-state index in [2.05, 4.69) is 10.2 Å². The molecule has 2 saturated heterocycles. The maximum absolute atomic E-state index is 12.8. The largest absolute Gasteiger partial charge is 0.487 e. The average Bonchev–Trinajstić information content (AvgIpc) is 3.22. The molecule has 0 unspecified atom stereocenters. The molecule has 3 rings (SSSR count). The van der Waals surface area contributed by atoms with Crippen LogP contribution in [-0.4, -0.2) is 67.9 Å². The first-order chi connectivity index (χ1) is 13.2. The quantitative estimate of drug-likeness (QED) is 0.712. The molecule has 2 aliphatic heterocycles. The van der Waals surface area contributed by atoms with E-state index in [1.165, 1.54) is 19.3 Å². The number of hydrogen-bond donors (Lipinski definition) is 1. The van der Waals surface area contributed by atoms with Gasteiger partial charge in [-0.2, -0.15) is 0 Å². The van der Waals surface area contributed by atoms with Gasteiger partial charge in [0.15, 0.2) is 5.75 Å². The molecule has 7 heteroatoms. The van der Waals surface area contributed by atoms with Gasteiger partial charge in [-0.3, -0.25) is 4.90 Å². The normalized spacial score (nSPS) is 20.7. The molecule has 1 aromatic rings. The second-order valence-corrected chi connectivity index (χ2v) is 7.48. The zero-order valence-electron chi connectivity index (χ0n) is 16.1. The minimum Gasteiger partial charge on any atom is -0.487 e. The molecule has 2 aliphatic rings. The third kappa shape index (κ3) is 5.50. The molecule has 1 aromatic carbocycles.